The third kappa shape index (κ3) is 6.01. The van der Waals surface area contributed by atoms with Gasteiger partial charge >= 0.3 is 0 Å². The molecule has 1 fully saturated rings. The molecule has 2 heteroatoms. The molecule has 2 nitrogen and oxygen atoms in total. The number of benzene rings is 2. The molecule has 2 aromatic rings. The Morgan fingerprint density at radius 3 is 2.06 bits per heavy atom. The van der Waals surface area contributed by atoms with Crippen molar-refractivity contribution in [3.8, 4) is 23.3 Å². The molecular formula is C30H38N2. The van der Waals surface area contributed by atoms with Crippen LogP contribution >= 0.6 is 0 Å². The molecule has 1 aliphatic carbocycles. The van der Waals surface area contributed by atoms with Gasteiger partial charge in [-0.2, -0.15) is 10.5 Å². The van der Waals surface area contributed by atoms with E-state index in [2.05, 4.69) is 62.4 Å². The Bertz CT molecular complexity index is 935. The third-order valence-electron chi connectivity index (χ3n) is 7.30. The molecule has 0 heterocycles. The fourth-order valence-electron chi connectivity index (χ4n) is 5.29. The Labute approximate surface area is 195 Å². The van der Waals surface area contributed by atoms with Crippen LogP contribution in [0.4, 0.5) is 0 Å². The molecule has 0 atom stereocenters. The predicted molar refractivity (Wildman–Crippen MR) is 133 cm³/mol. The second-order valence-corrected chi connectivity index (χ2v) is 9.54. The van der Waals surface area contributed by atoms with Crippen molar-refractivity contribution in [2.24, 2.45) is 5.92 Å². The van der Waals surface area contributed by atoms with Gasteiger partial charge in [0.1, 0.15) is 12.1 Å². The molecule has 2 aromatic carbocycles. The molecular weight excluding hydrogens is 388 g/mol. The maximum atomic E-state index is 9.99. The van der Waals surface area contributed by atoms with Crippen molar-refractivity contribution in [3.05, 3.63) is 58.7 Å². The second-order valence-electron chi connectivity index (χ2n) is 9.54. The zero-order valence-corrected chi connectivity index (χ0v) is 20.0. The van der Waals surface area contributed by atoms with Crippen LogP contribution in [0, 0.1) is 28.6 Å². The van der Waals surface area contributed by atoms with E-state index in [1.165, 1.54) is 63.4 Å². The second kappa shape index (κ2) is 12.5. The summed E-state index contributed by atoms with van der Waals surface area (Å²) in [4.78, 5) is 0. The van der Waals surface area contributed by atoms with Crippen molar-refractivity contribution in [2.75, 3.05) is 0 Å². The first-order valence-electron chi connectivity index (χ1n) is 12.8. The van der Waals surface area contributed by atoms with Crippen molar-refractivity contribution in [3.63, 3.8) is 0 Å². The summed E-state index contributed by atoms with van der Waals surface area (Å²) in [5.74, 6) is 1.25. The number of hydrogen-bond donors (Lipinski definition) is 0. The maximum absolute atomic E-state index is 9.99. The number of unbranched alkanes of at least 4 members (excludes halogenated alkanes) is 4. The summed E-state index contributed by atoms with van der Waals surface area (Å²) in [5.41, 5.74) is 5.49. The highest BCUT2D eigenvalue weighted by Gasteiger charge is 2.26. The quantitative estimate of drug-likeness (QED) is 0.357. The lowest BCUT2D eigenvalue weighted by Gasteiger charge is -2.29. The van der Waals surface area contributed by atoms with Gasteiger partial charge in [0.15, 0.2) is 0 Å². The topological polar surface area (TPSA) is 47.6 Å². The molecule has 0 aromatic heterocycles. The summed E-state index contributed by atoms with van der Waals surface area (Å²) in [6.07, 6.45) is 15.0. The molecule has 0 spiro atoms. The summed E-state index contributed by atoms with van der Waals surface area (Å²) < 4.78 is 0. The Morgan fingerprint density at radius 1 is 0.750 bits per heavy atom. The lowest BCUT2D eigenvalue weighted by Crippen LogP contribution is -2.15. The normalized spacial score (nSPS) is 18.1. The molecule has 1 saturated carbocycles. The summed E-state index contributed by atoms with van der Waals surface area (Å²) in [6.45, 7) is 4.47. The van der Waals surface area contributed by atoms with Gasteiger partial charge in [-0.05, 0) is 67.1 Å². The predicted octanol–water partition coefficient (Wildman–Crippen LogP) is 8.68. The van der Waals surface area contributed by atoms with Crippen LogP contribution in [0.2, 0.25) is 0 Å². The fourth-order valence-corrected chi connectivity index (χ4v) is 5.29. The Kier molecular flexibility index (Phi) is 9.37. The van der Waals surface area contributed by atoms with E-state index in [-0.39, 0.29) is 0 Å². The molecule has 32 heavy (non-hydrogen) atoms. The SMILES string of the molecule is CCCCCC[C@H]1CC[C@H](c2ccc(-c3ccc(CCCC)cc3)c(C#N)c2C#N)CC1. The van der Waals surface area contributed by atoms with Crippen LogP contribution in [0.1, 0.15) is 113 Å². The van der Waals surface area contributed by atoms with Crippen molar-refractivity contribution in [2.45, 2.75) is 96.8 Å². The van der Waals surface area contributed by atoms with E-state index < -0.39 is 0 Å². The van der Waals surface area contributed by atoms with Crippen LogP contribution in [0.3, 0.4) is 0 Å². The van der Waals surface area contributed by atoms with E-state index in [4.69, 9.17) is 0 Å². The van der Waals surface area contributed by atoms with Crippen LogP contribution in [-0.2, 0) is 6.42 Å². The van der Waals surface area contributed by atoms with Crippen molar-refractivity contribution >= 4 is 0 Å². The van der Waals surface area contributed by atoms with E-state index in [0.717, 1.165) is 41.9 Å². The lowest BCUT2D eigenvalue weighted by atomic mass is 9.75. The Hall–Kier alpha value is -2.58. The highest BCUT2D eigenvalue weighted by atomic mass is 14.3. The molecule has 0 amide bonds. The molecule has 0 saturated heterocycles. The number of rotatable bonds is 10. The molecule has 0 N–H and O–H groups in total. The van der Waals surface area contributed by atoms with Crippen LogP contribution < -0.4 is 0 Å². The Morgan fingerprint density at radius 2 is 1.44 bits per heavy atom. The highest BCUT2D eigenvalue weighted by Crippen LogP contribution is 2.41. The van der Waals surface area contributed by atoms with Gasteiger partial charge in [-0.25, -0.2) is 0 Å². The fraction of sp³-hybridized carbons (Fsp3) is 0.533. The van der Waals surface area contributed by atoms with Crippen LogP contribution in [-0.4, -0.2) is 0 Å². The minimum absolute atomic E-state index is 0.411. The smallest absolute Gasteiger partial charge is 0.101 e. The third-order valence-corrected chi connectivity index (χ3v) is 7.30. The van der Waals surface area contributed by atoms with Gasteiger partial charge in [-0.1, -0.05) is 88.8 Å². The lowest BCUT2D eigenvalue weighted by molar-refractivity contribution is 0.302. The minimum atomic E-state index is 0.411. The van der Waals surface area contributed by atoms with Gasteiger partial charge in [0.05, 0.1) is 11.1 Å². The maximum Gasteiger partial charge on any atom is 0.101 e. The van der Waals surface area contributed by atoms with Crippen LogP contribution in [0.25, 0.3) is 11.1 Å². The first-order valence-corrected chi connectivity index (χ1v) is 12.8. The number of nitrogens with zero attached hydrogens (tertiary/aromatic N) is 2. The number of aryl methyl sites for hydroxylation is 1. The average molecular weight is 427 g/mol. The molecule has 3 rings (SSSR count). The van der Waals surface area contributed by atoms with E-state index >= 15 is 0 Å². The van der Waals surface area contributed by atoms with Crippen molar-refractivity contribution in [1.29, 1.82) is 10.5 Å². The highest BCUT2D eigenvalue weighted by molar-refractivity contribution is 5.75. The molecule has 0 unspecified atom stereocenters. The number of hydrogen-bond acceptors (Lipinski definition) is 2. The van der Waals surface area contributed by atoms with Gasteiger partial charge < -0.3 is 0 Å². The molecule has 1 aliphatic rings. The van der Waals surface area contributed by atoms with E-state index in [1.807, 2.05) is 0 Å². The van der Waals surface area contributed by atoms with Gasteiger partial charge in [0.25, 0.3) is 0 Å². The summed E-state index contributed by atoms with van der Waals surface area (Å²) in [7, 11) is 0. The molecule has 168 valence electrons. The molecule has 0 aliphatic heterocycles. The molecule has 0 bridgehead atoms. The Balaban J connectivity index is 1.74. The number of nitriles is 2. The standard InChI is InChI=1S/C30H38N2/c1-3-5-7-8-10-24-13-17-26(18-14-24)28-20-19-27(29(21-31)30(28)22-32)25-15-11-23(12-16-25)9-6-4-2/h11-12,15-16,19-20,24,26H,3-10,13-14,17-18H2,1-2H3/t24-,26-. The van der Waals surface area contributed by atoms with Crippen molar-refractivity contribution < 1.29 is 0 Å². The molecule has 0 radical (unpaired) electrons. The van der Waals surface area contributed by atoms with Gasteiger partial charge in [-0.3, -0.25) is 0 Å². The van der Waals surface area contributed by atoms with Crippen LogP contribution in [0.15, 0.2) is 36.4 Å². The first-order chi connectivity index (χ1) is 15.7. The van der Waals surface area contributed by atoms with Gasteiger partial charge in [-0.15, -0.1) is 0 Å². The summed E-state index contributed by atoms with van der Waals surface area (Å²) >= 11 is 0. The summed E-state index contributed by atoms with van der Waals surface area (Å²) in [5, 5.41) is 20.0. The van der Waals surface area contributed by atoms with Gasteiger partial charge in [0.2, 0.25) is 0 Å². The minimum Gasteiger partial charge on any atom is -0.192 e. The zero-order chi connectivity index (χ0) is 22.8. The van der Waals surface area contributed by atoms with E-state index in [0.29, 0.717) is 17.0 Å². The average Bonchev–Trinajstić information content (AvgIpc) is 2.85. The van der Waals surface area contributed by atoms with Crippen molar-refractivity contribution in [1.82, 2.24) is 0 Å². The summed E-state index contributed by atoms with van der Waals surface area (Å²) in [6, 6.07) is 17.5. The van der Waals surface area contributed by atoms with Crippen LogP contribution in [0.5, 0.6) is 0 Å². The van der Waals surface area contributed by atoms with E-state index in [9.17, 15) is 10.5 Å². The monoisotopic (exact) mass is 426 g/mol. The first kappa shape index (κ1) is 24.1. The largest absolute Gasteiger partial charge is 0.192 e. The van der Waals surface area contributed by atoms with E-state index in [1.54, 1.807) is 0 Å². The van der Waals surface area contributed by atoms with Gasteiger partial charge in [0, 0.05) is 5.56 Å². The zero-order valence-electron chi connectivity index (χ0n) is 20.0.